The molecule has 0 unspecified atom stereocenters. The number of aliphatic hydroxyl groups is 1. The van der Waals surface area contributed by atoms with E-state index in [1.807, 2.05) is 97.3 Å². The maximum Gasteiger partial charge on any atom is 0.264 e. The van der Waals surface area contributed by atoms with Gasteiger partial charge in [-0.2, -0.15) is 8.42 Å². The smallest absolute Gasteiger partial charge is 0.264 e. The van der Waals surface area contributed by atoms with Gasteiger partial charge in [0.1, 0.15) is 11.3 Å². The molecule has 5 N–H and O–H groups in total. The van der Waals surface area contributed by atoms with E-state index >= 15 is 0 Å². The van der Waals surface area contributed by atoms with Crippen molar-refractivity contribution in [2.75, 3.05) is 30.1 Å². The van der Waals surface area contributed by atoms with Gasteiger partial charge >= 0.3 is 0 Å². The third kappa shape index (κ3) is 9.08. The Labute approximate surface area is 310 Å². The summed E-state index contributed by atoms with van der Waals surface area (Å²) in [5.74, 6) is 1.01. The van der Waals surface area contributed by atoms with Gasteiger partial charge in [-0.3, -0.25) is 4.18 Å². The van der Waals surface area contributed by atoms with Crippen LogP contribution in [-0.4, -0.2) is 72.9 Å². The molecule has 0 bridgehead atoms. The average Bonchev–Trinajstić information content (AvgIpc) is 3.82. The van der Waals surface area contributed by atoms with Crippen molar-refractivity contribution in [1.82, 2.24) is 39.9 Å². The van der Waals surface area contributed by atoms with Crippen LogP contribution in [-0.2, 0) is 27.1 Å². The first kappa shape index (κ1) is 35.8. The van der Waals surface area contributed by atoms with Crippen LogP contribution in [0.15, 0.2) is 122 Å². The Morgan fingerprint density at radius 1 is 0.630 bits per heavy atom. The molecule has 272 valence electrons. The highest BCUT2D eigenvalue weighted by atomic mass is 32.2. The van der Waals surface area contributed by atoms with E-state index < -0.39 is 10.1 Å². The molecule has 54 heavy (non-hydrogen) atoms. The van der Waals surface area contributed by atoms with Gasteiger partial charge in [-0.05, 0) is 84.6 Å². The Bertz CT molecular complexity index is 2590. The van der Waals surface area contributed by atoms with E-state index in [0.717, 1.165) is 73.3 Å². The number of aliphatic hydroxyl groups excluding tert-OH is 1. The molecule has 0 radical (unpaired) electrons. The lowest BCUT2D eigenvalue weighted by Crippen LogP contribution is -2.06. The van der Waals surface area contributed by atoms with Gasteiger partial charge in [-0.15, -0.1) is 0 Å². The molecule has 0 fully saturated rings. The quantitative estimate of drug-likeness (QED) is 0.0845. The largest absolute Gasteiger partial charge is 0.396 e. The van der Waals surface area contributed by atoms with Gasteiger partial charge in [-0.1, -0.05) is 24.3 Å². The van der Waals surface area contributed by atoms with Gasteiger partial charge < -0.3 is 25.7 Å². The van der Waals surface area contributed by atoms with Crippen molar-refractivity contribution in [3.63, 3.8) is 0 Å². The maximum absolute atomic E-state index is 11.0. The molecule has 0 amide bonds. The van der Waals surface area contributed by atoms with E-state index in [1.54, 1.807) is 24.8 Å². The molecule has 0 spiro atoms. The number of aromatic amines is 2. The predicted octanol–water partition coefficient (Wildman–Crippen LogP) is 6.58. The summed E-state index contributed by atoms with van der Waals surface area (Å²) in [6.07, 6.45) is 12.9. The summed E-state index contributed by atoms with van der Waals surface area (Å²) >= 11 is 0. The van der Waals surface area contributed by atoms with Gasteiger partial charge in [-0.25, -0.2) is 29.9 Å². The number of hydrogen-bond donors (Lipinski definition) is 5. The standard InChI is InChI=1S/C20H19N5O3S.C19H17N5O/c1-29(26,27)28-12-9-14-4-6-15(7-5-14)24-20-22-11-8-18(25-20)17-13-23-19-16(17)3-2-10-21-19;25-11-8-13-3-5-14(6-4-13)23-19-21-10-7-17(24-19)16-12-22-18-15(16)2-1-9-20-18/h2-8,10-11,13H,9,12H2,1H3,(H,21,23)(H,22,24,25);1-7,9-10,12,25H,8,11H2,(H,20,22)(H,21,23,24). The lowest BCUT2D eigenvalue weighted by Gasteiger charge is -2.07. The van der Waals surface area contributed by atoms with Crippen molar-refractivity contribution in [3.05, 3.63) is 133 Å². The lowest BCUT2D eigenvalue weighted by molar-refractivity contribution is 0.299. The molecule has 15 heteroatoms. The van der Waals surface area contributed by atoms with E-state index in [1.165, 1.54) is 0 Å². The monoisotopic (exact) mass is 740 g/mol. The SMILES string of the molecule is CS(=O)(=O)OCCc1ccc(Nc2nccc(-c3c[nH]c4ncccc34)n2)cc1.OCCc1ccc(Nc2nccc(-c3c[nH]c4ncccc34)n2)cc1. The van der Waals surface area contributed by atoms with Crippen LogP contribution in [0.25, 0.3) is 44.6 Å². The van der Waals surface area contributed by atoms with Crippen LogP contribution >= 0.6 is 0 Å². The number of nitrogens with zero attached hydrogens (tertiary/aromatic N) is 6. The molecule has 0 aliphatic heterocycles. The first-order valence-electron chi connectivity index (χ1n) is 17.0. The molecule has 14 nitrogen and oxygen atoms in total. The van der Waals surface area contributed by atoms with Crippen molar-refractivity contribution in [1.29, 1.82) is 0 Å². The van der Waals surface area contributed by atoms with Crippen LogP contribution in [0, 0.1) is 0 Å². The Kier molecular flexibility index (Phi) is 10.9. The Morgan fingerprint density at radius 2 is 1.11 bits per heavy atom. The number of pyridine rings is 2. The van der Waals surface area contributed by atoms with E-state index in [0.29, 0.717) is 24.7 Å². The fourth-order valence-corrected chi connectivity index (χ4v) is 6.07. The van der Waals surface area contributed by atoms with Crippen LogP contribution in [0.3, 0.4) is 0 Å². The summed E-state index contributed by atoms with van der Waals surface area (Å²) < 4.78 is 26.8. The van der Waals surface area contributed by atoms with Gasteiger partial charge in [0.05, 0.1) is 24.3 Å². The molecule has 2 aromatic carbocycles. The molecule has 0 aliphatic rings. The molecule has 0 saturated heterocycles. The molecular formula is C39H36N10O4S. The summed E-state index contributed by atoms with van der Waals surface area (Å²) in [5, 5.41) is 17.4. The third-order valence-corrected chi connectivity index (χ3v) is 8.87. The highest BCUT2D eigenvalue weighted by Crippen LogP contribution is 2.28. The zero-order chi connectivity index (χ0) is 37.3. The van der Waals surface area contributed by atoms with Gasteiger partial charge in [0.15, 0.2) is 0 Å². The summed E-state index contributed by atoms with van der Waals surface area (Å²) in [6, 6.07) is 27.0. The summed E-state index contributed by atoms with van der Waals surface area (Å²) in [7, 11) is -3.41. The number of anilines is 4. The van der Waals surface area contributed by atoms with Gasteiger partial charge in [0, 0.05) is 77.1 Å². The van der Waals surface area contributed by atoms with E-state index in [4.69, 9.17) is 9.29 Å². The first-order chi connectivity index (χ1) is 26.3. The highest BCUT2D eigenvalue weighted by Gasteiger charge is 2.11. The van der Waals surface area contributed by atoms with E-state index in [-0.39, 0.29) is 13.2 Å². The minimum Gasteiger partial charge on any atom is -0.396 e. The Morgan fingerprint density at radius 3 is 1.57 bits per heavy atom. The molecule has 8 rings (SSSR count). The van der Waals surface area contributed by atoms with Crippen LogP contribution in [0.2, 0.25) is 0 Å². The first-order valence-corrected chi connectivity index (χ1v) is 18.8. The normalized spacial score (nSPS) is 11.3. The summed E-state index contributed by atoms with van der Waals surface area (Å²) in [5.41, 5.74) is 9.01. The van der Waals surface area contributed by atoms with Crippen LogP contribution in [0.4, 0.5) is 23.3 Å². The van der Waals surface area contributed by atoms with Crippen LogP contribution < -0.4 is 10.6 Å². The topological polar surface area (TPSA) is 197 Å². The van der Waals surface area contributed by atoms with Crippen LogP contribution in [0.5, 0.6) is 0 Å². The number of aromatic nitrogens is 8. The average molecular weight is 741 g/mol. The molecule has 6 heterocycles. The minimum atomic E-state index is -3.41. The number of rotatable bonds is 12. The van der Waals surface area contributed by atoms with E-state index in [2.05, 4.69) is 50.5 Å². The van der Waals surface area contributed by atoms with Crippen molar-refractivity contribution in [3.8, 4) is 22.5 Å². The second-order valence-corrected chi connectivity index (χ2v) is 13.8. The number of fused-ring (bicyclic) bond motifs is 2. The molecular weight excluding hydrogens is 705 g/mol. The number of benzene rings is 2. The third-order valence-electron chi connectivity index (χ3n) is 8.27. The fraction of sp³-hybridized carbons (Fsp3) is 0.128. The Hall–Kier alpha value is -6.55. The van der Waals surface area contributed by atoms with Crippen molar-refractivity contribution in [2.24, 2.45) is 0 Å². The summed E-state index contributed by atoms with van der Waals surface area (Å²) in [4.78, 5) is 32.7. The number of H-pyrrole nitrogens is 2. The van der Waals surface area contributed by atoms with Crippen molar-refractivity contribution in [2.45, 2.75) is 12.8 Å². The van der Waals surface area contributed by atoms with Crippen molar-refractivity contribution >= 4 is 55.5 Å². The second-order valence-electron chi connectivity index (χ2n) is 12.1. The maximum atomic E-state index is 11.0. The molecule has 8 aromatic rings. The number of nitrogens with one attached hydrogen (secondary N) is 4. The van der Waals surface area contributed by atoms with Crippen LogP contribution in [0.1, 0.15) is 11.1 Å². The molecule has 0 aliphatic carbocycles. The zero-order valence-electron chi connectivity index (χ0n) is 29.1. The fourth-order valence-electron chi connectivity index (χ4n) is 5.68. The lowest BCUT2D eigenvalue weighted by atomic mass is 10.1. The number of hydrogen-bond acceptors (Lipinski definition) is 12. The summed E-state index contributed by atoms with van der Waals surface area (Å²) in [6.45, 7) is 0.271. The molecule has 0 saturated carbocycles. The Balaban J connectivity index is 0.000000168. The minimum absolute atomic E-state index is 0.121. The second kappa shape index (κ2) is 16.4. The van der Waals surface area contributed by atoms with Gasteiger partial charge in [0.2, 0.25) is 11.9 Å². The molecule has 6 aromatic heterocycles. The van der Waals surface area contributed by atoms with E-state index in [9.17, 15) is 8.42 Å². The van der Waals surface area contributed by atoms with Gasteiger partial charge in [0.25, 0.3) is 10.1 Å². The zero-order valence-corrected chi connectivity index (χ0v) is 30.0. The molecule has 0 atom stereocenters. The van der Waals surface area contributed by atoms with Crippen molar-refractivity contribution < 1.29 is 17.7 Å². The highest BCUT2D eigenvalue weighted by molar-refractivity contribution is 7.85. The predicted molar refractivity (Wildman–Crippen MR) is 209 cm³/mol.